The Labute approximate surface area is 151 Å². The van der Waals surface area contributed by atoms with Crippen molar-refractivity contribution in [2.24, 2.45) is 0 Å². The molecule has 0 amide bonds. The van der Waals surface area contributed by atoms with Gasteiger partial charge in [-0.2, -0.15) is 0 Å². The molecule has 0 spiro atoms. The SMILES string of the molecule is C=CC(=O)OCCCCCCCCCCCC.CSc1ncc[nH]1. The van der Waals surface area contributed by atoms with E-state index >= 15 is 0 Å². The number of carbonyl (C=O) groups is 1. The van der Waals surface area contributed by atoms with Crippen LogP contribution in [0.4, 0.5) is 0 Å². The molecule has 4 nitrogen and oxygen atoms in total. The standard InChI is InChI=1S/C15H28O2.C4H6N2S/c1-3-5-6-7-8-9-10-11-12-13-14-17-15(16)4-2;1-7-4-5-2-3-6-4/h4H,2-3,5-14H2,1H3;2-3H,1H3,(H,5,6). The van der Waals surface area contributed by atoms with Crippen molar-refractivity contribution in [1.82, 2.24) is 9.97 Å². The van der Waals surface area contributed by atoms with Gasteiger partial charge in [-0.1, -0.05) is 83.1 Å². The van der Waals surface area contributed by atoms with Gasteiger partial charge in [-0.15, -0.1) is 0 Å². The first-order valence-corrected chi connectivity index (χ1v) is 10.3. The first-order chi connectivity index (χ1) is 11.7. The van der Waals surface area contributed by atoms with Crippen LogP contribution in [0.3, 0.4) is 0 Å². The van der Waals surface area contributed by atoms with Gasteiger partial charge in [-0.3, -0.25) is 0 Å². The van der Waals surface area contributed by atoms with Gasteiger partial charge in [-0.25, -0.2) is 9.78 Å². The summed E-state index contributed by atoms with van der Waals surface area (Å²) in [5, 5.41) is 0.972. The van der Waals surface area contributed by atoms with Gasteiger partial charge >= 0.3 is 5.97 Å². The van der Waals surface area contributed by atoms with E-state index in [0.29, 0.717) is 6.61 Å². The minimum atomic E-state index is -0.305. The maximum atomic E-state index is 10.7. The average molecular weight is 355 g/mol. The van der Waals surface area contributed by atoms with E-state index in [1.807, 2.05) is 12.5 Å². The third-order valence-corrected chi connectivity index (χ3v) is 4.19. The van der Waals surface area contributed by atoms with Crippen LogP contribution in [0.5, 0.6) is 0 Å². The first kappa shape index (κ1) is 22.8. The second kappa shape index (κ2) is 18.1. The lowest BCUT2D eigenvalue weighted by molar-refractivity contribution is -0.137. The number of nitrogens with zero attached hydrogens (tertiary/aromatic N) is 1. The Morgan fingerprint density at radius 1 is 1.17 bits per heavy atom. The third kappa shape index (κ3) is 15.7. The molecule has 0 saturated heterocycles. The fourth-order valence-corrected chi connectivity index (χ4v) is 2.54. The molecular weight excluding hydrogens is 320 g/mol. The number of aromatic amines is 1. The molecule has 5 heteroatoms. The largest absolute Gasteiger partial charge is 0.463 e. The normalized spacial score (nSPS) is 9.92. The van der Waals surface area contributed by atoms with Gasteiger partial charge in [0, 0.05) is 18.5 Å². The van der Waals surface area contributed by atoms with Crippen molar-refractivity contribution in [3.8, 4) is 0 Å². The Balaban J connectivity index is 0.000000620. The molecule has 1 aromatic heterocycles. The highest BCUT2D eigenvalue weighted by Crippen LogP contribution is 2.10. The molecule has 0 aliphatic rings. The summed E-state index contributed by atoms with van der Waals surface area (Å²) in [6.07, 6.45) is 19.7. The molecule has 0 atom stereocenters. The highest BCUT2D eigenvalue weighted by Gasteiger charge is 1.95. The van der Waals surface area contributed by atoms with E-state index in [1.165, 1.54) is 63.9 Å². The van der Waals surface area contributed by atoms with Gasteiger partial charge in [0.05, 0.1) is 6.61 Å². The van der Waals surface area contributed by atoms with Crippen molar-refractivity contribution in [3.05, 3.63) is 25.0 Å². The van der Waals surface area contributed by atoms with E-state index in [1.54, 1.807) is 18.0 Å². The summed E-state index contributed by atoms with van der Waals surface area (Å²) in [6, 6.07) is 0. The Morgan fingerprint density at radius 2 is 1.75 bits per heavy atom. The fourth-order valence-electron chi connectivity index (χ4n) is 2.18. The smallest absolute Gasteiger partial charge is 0.330 e. The highest BCUT2D eigenvalue weighted by molar-refractivity contribution is 7.98. The van der Waals surface area contributed by atoms with E-state index in [0.717, 1.165) is 11.6 Å². The van der Waals surface area contributed by atoms with Crippen LogP contribution >= 0.6 is 11.8 Å². The molecule has 0 fully saturated rings. The molecule has 1 rings (SSSR count). The van der Waals surface area contributed by atoms with Crippen molar-refractivity contribution < 1.29 is 9.53 Å². The zero-order chi connectivity index (χ0) is 17.9. The molecule has 0 unspecified atom stereocenters. The molecule has 0 radical (unpaired) electrons. The number of nitrogens with one attached hydrogen (secondary N) is 1. The lowest BCUT2D eigenvalue weighted by atomic mass is 10.1. The van der Waals surface area contributed by atoms with E-state index in [4.69, 9.17) is 4.74 Å². The van der Waals surface area contributed by atoms with Crippen LogP contribution in [-0.2, 0) is 9.53 Å². The number of H-pyrrole nitrogens is 1. The lowest BCUT2D eigenvalue weighted by Crippen LogP contribution is -2.01. The minimum Gasteiger partial charge on any atom is -0.463 e. The Morgan fingerprint density at radius 3 is 2.17 bits per heavy atom. The molecule has 1 aromatic rings. The van der Waals surface area contributed by atoms with Gasteiger partial charge in [0.15, 0.2) is 5.16 Å². The predicted octanol–water partition coefficient (Wildman–Crippen LogP) is 5.77. The van der Waals surface area contributed by atoms with Crippen LogP contribution in [-0.4, -0.2) is 28.8 Å². The van der Waals surface area contributed by atoms with E-state index in [9.17, 15) is 4.79 Å². The summed E-state index contributed by atoms with van der Waals surface area (Å²) in [5.41, 5.74) is 0. The van der Waals surface area contributed by atoms with Crippen LogP contribution in [0.15, 0.2) is 30.2 Å². The molecule has 0 bridgehead atoms. The highest BCUT2D eigenvalue weighted by atomic mass is 32.2. The van der Waals surface area contributed by atoms with Crippen molar-refractivity contribution in [3.63, 3.8) is 0 Å². The summed E-state index contributed by atoms with van der Waals surface area (Å²) in [7, 11) is 0. The first-order valence-electron chi connectivity index (χ1n) is 9.07. The quantitative estimate of drug-likeness (QED) is 0.211. The van der Waals surface area contributed by atoms with Crippen molar-refractivity contribution in [2.45, 2.75) is 76.3 Å². The number of unbranched alkanes of at least 4 members (excludes halogenated alkanes) is 9. The van der Waals surface area contributed by atoms with E-state index < -0.39 is 0 Å². The number of hydrogen-bond donors (Lipinski definition) is 1. The number of imidazole rings is 1. The molecule has 1 N–H and O–H groups in total. The second-order valence-electron chi connectivity index (χ2n) is 5.65. The Hall–Kier alpha value is -1.23. The van der Waals surface area contributed by atoms with E-state index in [-0.39, 0.29) is 5.97 Å². The molecule has 0 aliphatic carbocycles. The van der Waals surface area contributed by atoms with Crippen molar-refractivity contribution in [2.75, 3.05) is 12.9 Å². The predicted molar refractivity (Wildman–Crippen MR) is 103 cm³/mol. The number of hydrogen-bond acceptors (Lipinski definition) is 4. The summed E-state index contributed by atoms with van der Waals surface area (Å²) >= 11 is 1.61. The van der Waals surface area contributed by atoms with Crippen LogP contribution in [0.1, 0.15) is 71.1 Å². The number of esters is 1. The van der Waals surface area contributed by atoms with Gasteiger partial charge in [0.2, 0.25) is 0 Å². The molecule has 0 aliphatic heterocycles. The molecule has 1 heterocycles. The monoisotopic (exact) mass is 354 g/mol. The van der Waals surface area contributed by atoms with Crippen LogP contribution < -0.4 is 0 Å². The number of ether oxygens (including phenoxy) is 1. The Kier molecular flexibility index (Phi) is 17.2. The molecule has 138 valence electrons. The van der Waals surface area contributed by atoms with Gasteiger partial charge in [-0.05, 0) is 12.7 Å². The minimum absolute atomic E-state index is 0.305. The van der Waals surface area contributed by atoms with E-state index in [2.05, 4.69) is 23.5 Å². The summed E-state index contributed by atoms with van der Waals surface area (Å²) in [6.45, 7) is 6.15. The second-order valence-corrected chi connectivity index (χ2v) is 6.45. The van der Waals surface area contributed by atoms with Crippen molar-refractivity contribution >= 4 is 17.7 Å². The van der Waals surface area contributed by atoms with Crippen molar-refractivity contribution in [1.29, 1.82) is 0 Å². The molecular formula is C19H34N2O2S. The van der Waals surface area contributed by atoms with Crippen LogP contribution in [0.2, 0.25) is 0 Å². The summed E-state index contributed by atoms with van der Waals surface area (Å²) in [4.78, 5) is 17.6. The Bertz CT molecular complexity index is 394. The number of thioether (sulfide) groups is 1. The number of rotatable bonds is 13. The van der Waals surface area contributed by atoms with Gasteiger partial charge in [0.1, 0.15) is 0 Å². The molecule has 0 aromatic carbocycles. The van der Waals surface area contributed by atoms with Crippen LogP contribution in [0, 0.1) is 0 Å². The van der Waals surface area contributed by atoms with Gasteiger partial charge in [0.25, 0.3) is 0 Å². The third-order valence-electron chi connectivity index (χ3n) is 3.58. The number of aromatic nitrogens is 2. The average Bonchev–Trinajstić information content (AvgIpc) is 3.13. The van der Waals surface area contributed by atoms with Crippen LogP contribution in [0.25, 0.3) is 0 Å². The fraction of sp³-hybridized carbons (Fsp3) is 0.684. The maximum Gasteiger partial charge on any atom is 0.330 e. The molecule has 0 saturated carbocycles. The summed E-state index contributed by atoms with van der Waals surface area (Å²) < 4.78 is 4.91. The summed E-state index contributed by atoms with van der Waals surface area (Å²) in [5.74, 6) is -0.305. The zero-order valence-corrected chi connectivity index (χ0v) is 16.2. The molecule has 24 heavy (non-hydrogen) atoms. The van der Waals surface area contributed by atoms with Gasteiger partial charge < -0.3 is 9.72 Å². The maximum absolute atomic E-state index is 10.7. The lowest BCUT2D eigenvalue weighted by Gasteiger charge is -2.03. The number of carbonyl (C=O) groups excluding carboxylic acids is 1. The topological polar surface area (TPSA) is 55.0 Å². The zero-order valence-electron chi connectivity index (χ0n) is 15.4.